The van der Waals surface area contributed by atoms with Crippen LogP contribution in [0.25, 0.3) is 0 Å². The molecule has 20 heavy (non-hydrogen) atoms. The maximum Gasteiger partial charge on any atom is 0.233 e. The zero-order valence-electron chi connectivity index (χ0n) is 12.1. The summed E-state index contributed by atoms with van der Waals surface area (Å²) in [6, 6.07) is 10.5. The summed E-state index contributed by atoms with van der Waals surface area (Å²) in [5.41, 5.74) is 1.15. The van der Waals surface area contributed by atoms with Gasteiger partial charge in [-0.05, 0) is 38.4 Å². The second kappa shape index (κ2) is 7.70. The highest BCUT2D eigenvalue weighted by Crippen LogP contribution is 2.14. The molecule has 0 aromatic heterocycles. The Bertz CT molecular complexity index is 424. The topological polar surface area (TPSA) is 32.3 Å². The van der Waals surface area contributed by atoms with Gasteiger partial charge in [0.25, 0.3) is 0 Å². The van der Waals surface area contributed by atoms with Crippen molar-refractivity contribution >= 4 is 18.5 Å². The Morgan fingerprint density at radius 3 is 2.85 bits per heavy atom. The van der Waals surface area contributed by atoms with Gasteiger partial charge >= 0.3 is 0 Å². The Balaban J connectivity index is 1.76. The molecule has 1 heterocycles. The summed E-state index contributed by atoms with van der Waals surface area (Å²) >= 11 is 4.43. The number of piperidine rings is 1. The van der Waals surface area contributed by atoms with Crippen LogP contribution < -0.4 is 5.32 Å². The summed E-state index contributed by atoms with van der Waals surface area (Å²) in [6.45, 7) is 1.87. The van der Waals surface area contributed by atoms with E-state index in [1.54, 1.807) is 0 Å². The van der Waals surface area contributed by atoms with E-state index in [1.165, 1.54) is 19.3 Å². The van der Waals surface area contributed by atoms with Crippen molar-refractivity contribution in [2.24, 2.45) is 0 Å². The predicted molar refractivity (Wildman–Crippen MR) is 86.2 cm³/mol. The lowest BCUT2D eigenvalue weighted by Gasteiger charge is -2.32. The van der Waals surface area contributed by atoms with Crippen molar-refractivity contribution in [3.8, 4) is 0 Å². The fraction of sp³-hybridized carbons (Fsp3) is 0.562. The number of benzene rings is 1. The summed E-state index contributed by atoms with van der Waals surface area (Å²) in [6.07, 6.45) is 4.38. The molecule has 0 spiro atoms. The molecule has 0 bridgehead atoms. The van der Waals surface area contributed by atoms with Gasteiger partial charge in [-0.2, -0.15) is 12.6 Å². The summed E-state index contributed by atoms with van der Waals surface area (Å²) in [5.74, 6) is 0.0381. The van der Waals surface area contributed by atoms with Crippen LogP contribution in [0.4, 0.5) is 0 Å². The van der Waals surface area contributed by atoms with Crippen LogP contribution in [0.2, 0.25) is 0 Å². The van der Waals surface area contributed by atoms with E-state index in [0.29, 0.717) is 12.5 Å². The van der Waals surface area contributed by atoms with Crippen molar-refractivity contribution in [2.45, 2.75) is 37.0 Å². The van der Waals surface area contributed by atoms with E-state index in [0.717, 1.165) is 18.7 Å². The average Bonchev–Trinajstić information content (AvgIpc) is 2.47. The summed E-state index contributed by atoms with van der Waals surface area (Å²) in [4.78, 5) is 14.4. The molecule has 1 amide bonds. The van der Waals surface area contributed by atoms with Gasteiger partial charge in [-0.3, -0.25) is 4.79 Å². The van der Waals surface area contributed by atoms with E-state index < -0.39 is 0 Å². The lowest BCUT2D eigenvalue weighted by atomic mass is 10.0. The molecule has 2 unspecified atom stereocenters. The number of likely N-dealkylation sites (N-methyl/N-ethyl adjacent to an activating group) is 1. The standard InChI is InChI=1S/C16H24N2OS/c1-18-10-6-5-9-14(18)12-17-16(19)15(20)11-13-7-3-2-4-8-13/h2-4,7-8,14-15,20H,5-6,9-12H2,1H3,(H,17,19). The number of thiol groups is 1. The Hall–Kier alpha value is -1.00. The maximum absolute atomic E-state index is 12.1. The molecule has 1 aliphatic rings. The highest BCUT2D eigenvalue weighted by atomic mass is 32.1. The van der Waals surface area contributed by atoms with Crippen LogP contribution in [0.1, 0.15) is 24.8 Å². The van der Waals surface area contributed by atoms with Gasteiger partial charge in [0, 0.05) is 12.6 Å². The van der Waals surface area contributed by atoms with Gasteiger partial charge in [-0.15, -0.1) is 0 Å². The third kappa shape index (κ3) is 4.53. The minimum atomic E-state index is -0.272. The number of likely N-dealkylation sites (tertiary alicyclic amines) is 1. The fourth-order valence-electron chi connectivity index (χ4n) is 2.67. The SMILES string of the molecule is CN1CCCCC1CNC(=O)C(S)Cc1ccccc1. The van der Waals surface area contributed by atoms with Gasteiger partial charge in [-0.25, -0.2) is 0 Å². The molecule has 1 aliphatic heterocycles. The monoisotopic (exact) mass is 292 g/mol. The number of hydrogen-bond donors (Lipinski definition) is 2. The van der Waals surface area contributed by atoms with Crippen LogP contribution in [0.3, 0.4) is 0 Å². The highest BCUT2D eigenvalue weighted by Gasteiger charge is 2.21. The van der Waals surface area contributed by atoms with Crippen molar-refractivity contribution in [1.82, 2.24) is 10.2 Å². The fourth-order valence-corrected chi connectivity index (χ4v) is 2.97. The van der Waals surface area contributed by atoms with Gasteiger partial charge in [0.15, 0.2) is 0 Å². The van der Waals surface area contributed by atoms with E-state index in [9.17, 15) is 4.79 Å². The van der Waals surface area contributed by atoms with Crippen molar-refractivity contribution in [1.29, 1.82) is 0 Å². The second-order valence-corrected chi connectivity index (χ2v) is 6.20. The molecule has 4 heteroatoms. The van der Waals surface area contributed by atoms with Crippen LogP contribution in [0, 0.1) is 0 Å². The van der Waals surface area contributed by atoms with Crippen LogP contribution >= 0.6 is 12.6 Å². The smallest absolute Gasteiger partial charge is 0.233 e. The summed E-state index contributed by atoms with van der Waals surface area (Å²) in [5, 5.41) is 2.77. The molecule has 0 saturated carbocycles. The largest absolute Gasteiger partial charge is 0.354 e. The summed E-state index contributed by atoms with van der Waals surface area (Å²) < 4.78 is 0. The first-order valence-electron chi connectivity index (χ1n) is 7.37. The van der Waals surface area contributed by atoms with E-state index >= 15 is 0 Å². The molecule has 1 N–H and O–H groups in total. The molecule has 110 valence electrons. The molecule has 1 saturated heterocycles. The first kappa shape index (κ1) is 15.4. The van der Waals surface area contributed by atoms with Crippen LogP contribution in [-0.2, 0) is 11.2 Å². The van der Waals surface area contributed by atoms with Crippen LogP contribution in [-0.4, -0.2) is 42.2 Å². The Labute approximate surface area is 127 Å². The van der Waals surface area contributed by atoms with Crippen LogP contribution in [0.15, 0.2) is 30.3 Å². The molecular formula is C16H24N2OS. The maximum atomic E-state index is 12.1. The number of rotatable bonds is 5. The lowest BCUT2D eigenvalue weighted by Crippen LogP contribution is -2.46. The van der Waals surface area contributed by atoms with E-state index in [4.69, 9.17) is 0 Å². The predicted octanol–water partition coefficient (Wildman–Crippen LogP) is 2.13. The normalized spacial score (nSPS) is 21.4. The highest BCUT2D eigenvalue weighted by molar-refractivity contribution is 7.81. The number of carbonyl (C=O) groups excluding carboxylic acids is 1. The molecule has 2 rings (SSSR count). The number of nitrogens with one attached hydrogen (secondary N) is 1. The number of amides is 1. The van der Waals surface area contributed by atoms with Gasteiger partial charge in [0.1, 0.15) is 0 Å². The first-order chi connectivity index (χ1) is 9.66. The first-order valence-corrected chi connectivity index (χ1v) is 7.88. The Morgan fingerprint density at radius 1 is 1.40 bits per heavy atom. The zero-order chi connectivity index (χ0) is 14.4. The molecule has 1 aromatic rings. The number of nitrogens with zero attached hydrogens (tertiary/aromatic N) is 1. The number of carbonyl (C=O) groups is 1. The van der Waals surface area contributed by atoms with E-state index in [-0.39, 0.29) is 11.2 Å². The van der Waals surface area contributed by atoms with Crippen molar-refractivity contribution in [2.75, 3.05) is 20.1 Å². The van der Waals surface area contributed by atoms with E-state index in [1.807, 2.05) is 30.3 Å². The van der Waals surface area contributed by atoms with Gasteiger partial charge in [0.05, 0.1) is 5.25 Å². The van der Waals surface area contributed by atoms with Crippen LogP contribution in [0.5, 0.6) is 0 Å². The summed E-state index contributed by atoms with van der Waals surface area (Å²) in [7, 11) is 2.14. The third-order valence-corrected chi connectivity index (χ3v) is 4.43. The third-order valence-electron chi connectivity index (χ3n) is 4.01. The Morgan fingerprint density at radius 2 is 2.15 bits per heavy atom. The van der Waals surface area contributed by atoms with Gasteiger partial charge < -0.3 is 10.2 Å². The quantitative estimate of drug-likeness (QED) is 0.815. The van der Waals surface area contributed by atoms with Crippen molar-refractivity contribution < 1.29 is 4.79 Å². The van der Waals surface area contributed by atoms with Gasteiger partial charge in [0.2, 0.25) is 5.91 Å². The molecular weight excluding hydrogens is 268 g/mol. The molecule has 0 aliphatic carbocycles. The Kier molecular flexibility index (Phi) is 5.92. The van der Waals surface area contributed by atoms with E-state index in [2.05, 4.69) is 29.9 Å². The molecule has 0 radical (unpaired) electrons. The lowest BCUT2D eigenvalue weighted by molar-refractivity contribution is -0.120. The molecule has 2 atom stereocenters. The van der Waals surface area contributed by atoms with Crippen molar-refractivity contribution in [3.05, 3.63) is 35.9 Å². The van der Waals surface area contributed by atoms with Crippen molar-refractivity contribution in [3.63, 3.8) is 0 Å². The molecule has 1 aromatic carbocycles. The second-order valence-electron chi connectivity index (χ2n) is 5.58. The minimum Gasteiger partial charge on any atom is -0.354 e. The zero-order valence-corrected chi connectivity index (χ0v) is 13.0. The minimum absolute atomic E-state index is 0.0381. The number of hydrogen-bond acceptors (Lipinski definition) is 3. The van der Waals surface area contributed by atoms with Gasteiger partial charge in [-0.1, -0.05) is 36.8 Å². The molecule has 1 fully saturated rings. The molecule has 3 nitrogen and oxygen atoms in total. The average molecular weight is 292 g/mol.